The van der Waals surface area contributed by atoms with Crippen LogP contribution in [-0.2, 0) is 12.8 Å². The molecule has 4 heteroatoms. The van der Waals surface area contributed by atoms with Crippen LogP contribution < -0.4 is 5.32 Å². The fourth-order valence-electron chi connectivity index (χ4n) is 2.35. The molecule has 0 amide bonds. The van der Waals surface area contributed by atoms with E-state index in [2.05, 4.69) is 31.0 Å². The first-order valence-electron chi connectivity index (χ1n) is 7.03. The van der Waals surface area contributed by atoms with Crippen molar-refractivity contribution in [3.8, 4) is 0 Å². The molecule has 2 rings (SSSR count). The number of aryl methyl sites for hydroxylation is 1. The lowest BCUT2D eigenvalue weighted by atomic mass is 10.1. The highest BCUT2D eigenvalue weighted by Gasteiger charge is 2.12. The molecule has 18 heavy (non-hydrogen) atoms. The van der Waals surface area contributed by atoms with E-state index in [1.165, 1.54) is 41.6 Å². The van der Waals surface area contributed by atoms with E-state index < -0.39 is 0 Å². The van der Waals surface area contributed by atoms with Crippen molar-refractivity contribution < 1.29 is 0 Å². The van der Waals surface area contributed by atoms with Crippen molar-refractivity contribution in [3.05, 3.63) is 15.6 Å². The second-order valence-corrected chi connectivity index (χ2v) is 6.72. The summed E-state index contributed by atoms with van der Waals surface area (Å²) in [5, 5.41) is 4.72. The van der Waals surface area contributed by atoms with Gasteiger partial charge < -0.3 is 10.2 Å². The number of aromatic nitrogens is 1. The summed E-state index contributed by atoms with van der Waals surface area (Å²) in [6.45, 7) is 12.5. The molecule has 0 aliphatic carbocycles. The van der Waals surface area contributed by atoms with E-state index >= 15 is 0 Å². The Morgan fingerprint density at radius 2 is 2.06 bits per heavy atom. The molecule has 0 aromatic carbocycles. The van der Waals surface area contributed by atoms with E-state index in [1.807, 2.05) is 11.3 Å². The first kappa shape index (κ1) is 14.0. The van der Waals surface area contributed by atoms with Crippen molar-refractivity contribution in [2.75, 3.05) is 32.7 Å². The van der Waals surface area contributed by atoms with Crippen LogP contribution in [0.25, 0.3) is 0 Å². The number of nitrogens with one attached hydrogen (secondary N) is 1. The highest BCUT2D eigenvalue weighted by Crippen LogP contribution is 2.21. The molecule has 0 saturated carbocycles. The summed E-state index contributed by atoms with van der Waals surface area (Å²) >= 11 is 1.92. The molecule has 1 fully saturated rings. The number of nitrogens with zero attached hydrogens (tertiary/aromatic N) is 2. The van der Waals surface area contributed by atoms with Crippen LogP contribution in [0.1, 0.15) is 29.4 Å². The number of hydrogen-bond acceptors (Lipinski definition) is 4. The molecule has 1 N–H and O–H groups in total. The van der Waals surface area contributed by atoms with Gasteiger partial charge in [0.1, 0.15) is 0 Å². The molecule has 0 bridgehead atoms. The largest absolute Gasteiger partial charge is 0.314 e. The van der Waals surface area contributed by atoms with E-state index in [0.29, 0.717) is 5.92 Å². The second kappa shape index (κ2) is 6.64. The van der Waals surface area contributed by atoms with E-state index in [9.17, 15) is 0 Å². The van der Waals surface area contributed by atoms with Crippen LogP contribution in [0.15, 0.2) is 0 Å². The molecule has 102 valence electrons. The van der Waals surface area contributed by atoms with Crippen molar-refractivity contribution in [1.29, 1.82) is 0 Å². The quantitative estimate of drug-likeness (QED) is 0.885. The normalized spacial score (nSPS) is 17.6. The molecule has 0 unspecified atom stereocenters. The van der Waals surface area contributed by atoms with Crippen LogP contribution >= 0.6 is 11.3 Å². The third kappa shape index (κ3) is 4.04. The van der Waals surface area contributed by atoms with E-state index in [4.69, 9.17) is 4.98 Å². The van der Waals surface area contributed by atoms with Gasteiger partial charge in [-0.1, -0.05) is 13.8 Å². The van der Waals surface area contributed by atoms with Gasteiger partial charge in [0.2, 0.25) is 0 Å². The molecular weight excluding hydrogens is 242 g/mol. The average molecular weight is 267 g/mol. The number of thiazole rings is 1. The maximum atomic E-state index is 4.70. The predicted octanol–water partition coefficient (Wildman–Crippen LogP) is 2.10. The summed E-state index contributed by atoms with van der Waals surface area (Å²) in [7, 11) is 0. The van der Waals surface area contributed by atoms with Gasteiger partial charge in [-0.3, -0.25) is 0 Å². The maximum Gasteiger partial charge on any atom is 0.0933 e. The Balaban J connectivity index is 1.86. The standard InChI is InChI=1S/C14H25N3S/c1-11(2)10-14-16-12(3)13(18-14)4-7-17-8-5-15-6-9-17/h11,15H,4-10H2,1-3H3. The molecule has 0 spiro atoms. The highest BCUT2D eigenvalue weighted by atomic mass is 32.1. The van der Waals surface area contributed by atoms with Crippen molar-refractivity contribution in [3.63, 3.8) is 0 Å². The SMILES string of the molecule is Cc1nc(CC(C)C)sc1CCN1CCNCC1. The Hall–Kier alpha value is -0.450. The van der Waals surface area contributed by atoms with Crippen LogP contribution in [0.2, 0.25) is 0 Å². The van der Waals surface area contributed by atoms with E-state index in [-0.39, 0.29) is 0 Å². The monoisotopic (exact) mass is 267 g/mol. The first-order valence-corrected chi connectivity index (χ1v) is 7.85. The third-order valence-electron chi connectivity index (χ3n) is 3.38. The van der Waals surface area contributed by atoms with Crippen molar-refractivity contribution in [1.82, 2.24) is 15.2 Å². The van der Waals surface area contributed by atoms with Gasteiger partial charge in [0.15, 0.2) is 0 Å². The zero-order valence-corrected chi connectivity index (χ0v) is 12.6. The van der Waals surface area contributed by atoms with Crippen LogP contribution in [0.5, 0.6) is 0 Å². The van der Waals surface area contributed by atoms with Gasteiger partial charge in [0, 0.05) is 44.0 Å². The Morgan fingerprint density at radius 3 is 2.72 bits per heavy atom. The molecule has 1 aromatic heterocycles. The van der Waals surface area contributed by atoms with Gasteiger partial charge in [-0.2, -0.15) is 0 Å². The molecule has 0 radical (unpaired) electrons. The molecule has 2 heterocycles. The number of piperazine rings is 1. The highest BCUT2D eigenvalue weighted by molar-refractivity contribution is 7.11. The fraction of sp³-hybridized carbons (Fsp3) is 0.786. The van der Waals surface area contributed by atoms with Crippen LogP contribution in [0.3, 0.4) is 0 Å². The molecule has 1 aromatic rings. The summed E-state index contributed by atoms with van der Waals surface area (Å²) in [6.07, 6.45) is 2.29. The minimum atomic E-state index is 0.705. The summed E-state index contributed by atoms with van der Waals surface area (Å²) in [5.74, 6) is 0.705. The fourth-order valence-corrected chi connectivity index (χ4v) is 3.62. The van der Waals surface area contributed by atoms with Gasteiger partial charge in [-0.05, 0) is 19.3 Å². The number of hydrogen-bond donors (Lipinski definition) is 1. The summed E-state index contributed by atoms with van der Waals surface area (Å²) in [4.78, 5) is 8.75. The minimum absolute atomic E-state index is 0.705. The number of rotatable bonds is 5. The van der Waals surface area contributed by atoms with Crippen molar-refractivity contribution in [2.45, 2.75) is 33.6 Å². The molecule has 0 atom stereocenters. The minimum Gasteiger partial charge on any atom is -0.314 e. The van der Waals surface area contributed by atoms with Crippen molar-refractivity contribution in [2.24, 2.45) is 5.92 Å². The Kier molecular flexibility index (Phi) is 5.15. The molecule has 1 aliphatic heterocycles. The summed E-state index contributed by atoms with van der Waals surface area (Å²) < 4.78 is 0. The molecule has 1 saturated heterocycles. The van der Waals surface area contributed by atoms with Gasteiger partial charge >= 0.3 is 0 Å². The molecule has 1 aliphatic rings. The van der Waals surface area contributed by atoms with Gasteiger partial charge in [0.25, 0.3) is 0 Å². The Bertz CT molecular complexity index is 367. The lowest BCUT2D eigenvalue weighted by Gasteiger charge is -2.26. The van der Waals surface area contributed by atoms with Gasteiger partial charge in [0.05, 0.1) is 10.7 Å². The Morgan fingerprint density at radius 1 is 1.33 bits per heavy atom. The topological polar surface area (TPSA) is 28.2 Å². The van der Waals surface area contributed by atoms with Gasteiger partial charge in [-0.15, -0.1) is 11.3 Å². The summed E-state index contributed by atoms with van der Waals surface area (Å²) in [6, 6.07) is 0. The van der Waals surface area contributed by atoms with E-state index in [0.717, 1.165) is 19.5 Å². The lowest BCUT2D eigenvalue weighted by Crippen LogP contribution is -2.44. The lowest BCUT2D eigenvalue weighted by molar-refractivity contribution is 0.244. The molecular formula is C14H25N3S. The third-order valence-corrected chi connectivity index (χ3v) is 4.62. The van der Waals surface area contributed by atoms with Crippen molar-refractivity contribution >= 4 is 11.3 Å². The molecule has 3 nitrogen and oxygen atoms in total. The Labute approximate surface area is 115 Å². The van der Waals surface area contributed by atoms with Crippen LogP contribution in [0.4, 0.5) is 0 Å². The van der Waals surface area contributed by atoms with Crippen LogP contribution in [0, 0.1) is 12.8 Å². The zero-order valence-electron chi connectivity index (χ0n) is 11.8. The zero-order chi connectivity index (χ0) is 13.0. The van der Waals surface area contributed by atoms with E-state index in [1.54, 1.807) is 0 Å². The smallest absolute Gasteiger partial charge is 0.0933 e. The second-order valence-electron chi connectivity index (χ2n) is 5.56. The summed E-state index contributed by atoms with van der Waals surface area (Å²) in [5.41, 5.74) is 1.26. The maximum absolute atomic E-state index is 4.70. The predicted molar refractivity (Wildman–Crippen MR) is 78.4 cm³/mol. The van der Waals surface area contributed by atoms with Crippen LogP contribution in [-0.4, -0.2) is 42.6 Å². The van der Waals surface area contributed by atoms with Gasteiger partial charge in [-0.25, -0.2) is 4.98 Å². The average Bonchev–Trinajstić information content (AvgIpc) is 2.67. The first-order chi connectivity index (χ1) is 8.65.